The van der Waals surface area contributed by atoms with Crippen LogP contribution in [0.15, 0.2) is 11.4 Å². The number of fused-ring (bicyclic) bond motifs is 3. The molecule has 0 unspecified atom stereocenters. The molecule has 0 radical (unpaired) electrons. The van der Waals surface area contributed by atoms with Crippen LogP contribution in [0.4, 0.5) is 0 Å². The average molecular weight is 365 g/mol. The number of esters is 1. The number of hydrogen-bond donors (Lipinski definition) is 0. The van der Waals surface area contributed by atoms with Gasteiger partial charge >= 0.3 is 5.97 Å². The van der Waals surface area contributed by atoms with Gasteiger partial charge in [0.25, 0.3) is 0 Å². The predicted octanol–water partition coefficient (Wildman–Crippen LogP) is 4.64. The van der Waals surface area contributed by atoms with Gasteiger partial charge in [-0.1, -0.05) is 25.6 Å². The van der Waals surface area contributed by atoms with Crippen molar-refractivity contribution in [3.05, 3.63) is 16.8 Å². The Morgan fingerprint density at radius 3 is 2.96 bits per heavy atom. The maximum absolute atomic E-state index is 12.3. The van der Waals surface area contributed by atoms with E-state index in [2.05, 4.69) is 16.9 Å². The van der Waals surface area contributed by atoms with Crippen LogP contribution in [0, 0.1) is 5.92 Å². The van der Waals surface area contributed by atoms with Crippen LogP contribution in [0.1, 0.15) is 51.0 Å². The molecule has 1 aliphatic carbocycles. The van der Waals surface area contributed by atoms with Gasteiger partial charge in [0, 0.05) is 10.3 Å². The summed E-state index contributed by atoms with van der Waals surface area (Å²) in [5, 5.41) is 1.88. The van der Waals surface area contributed by atoms with E-state index >= 15 is 0 Å². The number of carbonyl (C=O) groups is 1. The van der Waals surface area contributed by atoms with E-state index in [4.69, 9.17) is 4.74 Å². The number of ether oxygens (including phenoxy) is 1. The molecule has 0 N–H and O–H groups in total. The van der Waals surface area contributed by atoms with Gasteiger partial charge < -0.3 is 4.74 Å². The molecule has 6 heteroatoms. The Hall–Kier alpha value is -1.14. The van der Waals surface area contributed by atoms with E-state index in [0.29, 0.717) is 0 Å². The van der Waals surface area contributed by atoms with Crippen LogP contribution in [0.25, 0.3) is 10.2 Å². The van der Waals surface area contributed by atoms with E-state index in [9.17, 15) is 4.79 Å². The highest BCUT2D eigenvalue weighted by Crippen LogP contribution is 2.41. The Morgan fingerprint density at radius 2 is 2.25 bits per heavy atom. The Kier molecular flexibility index (Phi) is 5.45. The van der Waals surface area contributed by atoms with Crippen LogP contribution in [0.3, 0.4) is 0 Å². The third-order valence-corrected chi connectivity index (χ3v) is 6.80. The van der Waals surface area contributed by atoms with Crippen LogP contribution >= 0.6 is 23.1 Å². The van der Waals surface area contributed by atoms with Gasteiger partial charge in [0.2, 0.25) is 0 Å². The lowest BCUT2D eigenvalue weighted by Crippen LogP contribution is -2.23. The predicted molar refractivity (Wildman–Crippen MR) is 99.8 cm³/mol. The summed E-state index contributed by atoms with van der Waals surface area (Å²) < 4.78 is 5.40. The van der Waals surface area contributed by atoms with E-state index in [-0.39, 0.29) is 17.3 Å². The largest absolute Gasteiger partial charge is 0.462 e. The molecule has 0 spiro atoms. The van der Waals surface area contributed by atoms with Gasteiger partial charge in [-0.2, -0.15) is 0 Å². The van der Waals surface area contributed by atoms with Crippen molar-refractivity contribution in [1.82, 2.24) is 9.97 Å². The van der Waals surface area contributed by atoms with Gasteiger partial charge in [0.05, 0.1) is 6.10 Å². The third-order valence-electron chi connectivity index (χ3n) is 4.30. The smallest absolute Gasteiger partial charge is 0.319 e. The van der Waals surface area contributed by atoms with Gasteiger partial charge in [0.15, 0.2) is 0 Å². The Labute approximate surface area is 151 Å². The van der Waals surface area contributed by atoms with Crippen molar-refractivity contribution in [2.24, 2.45) is 5.92 Å². The number of carbonyl (C=O) groups excluding carboxylic acids is 1. The Balaban J connectivity index is 1.93. The SMILES string of the molecule is CC[C@H](Sc1ncnc2sc3c(c12)CC[C@H](C)C3)C(=O)OC(C)C. The van der Waals surface area contributed by atoms with Crippen LogP contribution in [0.5, 0.6) is 0 Å². The lowest BCUT2D eigenvalue weighted by atomic mass is 9.89. The summed E-state index contributed by atoms with van der Waals surface area (Å²) in [4.78, 5) is 23.8. The zero-order valence-electron chi connectivity index (χ0n) is 14.7. The molecule has 2 aromatic rings. The monoisotopic (exact) mass is 364 g/mol. The summed E-state index contributed by atoms with van der Waals surface area (Å²) in [6.07, 6.45) is 5.69. The zero-order valence-corrected chi connectivity index (χ0v) is 16.3. The maximum Gasteiger partial charge on any atom is 0.319 e. The normalized spacial score (nSPS) is 18.6. The first-order chi connectivity index (χ1) is 11.5. The van der Waals surface area contributed by atoms with Crippen LogP contribution in [0.2, 0.25) is 0 Å². The maximum atomic E-state index is 12.3. The first kappa shape index (κ1) is 17.7. The standard InChI is InChI=1S/C18H24N2O2S2/c1-5-13(18(21)22-10(2)3)23-16-15-12-7-6-11(4)8-14(12)24-17(15)20-9-19-16/h9-11,13H,5-8H2,1-4H3/t11-,13-/m0/s1. The van der Waals surface area contributed by atoms with Crippen molar-refractivity contribution in [3.8, 4) is 0 Å². The molecular formula is C18H24N2O2S2. The minimum Gasteiger partial charge on any atom is -0.462 e. The highest BCUT2D eigenvalue weighted by atomic mass is 32.2. The first-order valence-electron chi connectivity index (χ1n) is 8.62. The topological polar surface area (TPSA) is 52.1 Å². The fourth-order valence-electron chi connectivity index (χ4n) is 3.08. The second-order valence-electron chi connectivity index (χ2n) is 6.71. The molecule has 0 fully saturated rings. The molecule has 0 aromatic carbocycles. The first-order valence-corrected chi connectivity index (χ1v) is 10.3. The minimum absolute atomic E-state index is 0.0898. The van der Waals surface area contributed by atoms with Crippen molar-refractivity contribution in [2.75, 3.05) is 0 Å². The van der Waals surface area contributed by atoms with Crippen molar-refractivity contribution >= 4 is 39.3 Å². The van der Waals surface area contributed by atoms with Crippen LogP contribution in [-0.2, 0) is 22.4 Å². The van der Waals surface area contributed by atoms with Gasteiger partial charge in [-0.05, 0) is 51.0 Å². The Morgan fingerprint density at radius 1 is 1.46 bits per heavy atom. The molecule has 0 aliphatic heterocycles. The van der Waals surface area contributed by atoms with E-state index in [1.807, 2.05) is 20.8 Å². The summed E-state index contributed by atoms with van der Waals surface area (Å²) in [6, 6.07) is 0. The van der Waals surface area contributed by atoms with Crippen molar-refractivity contribution < 1.29 is 9.53 Å². The van der Waals surface area contributed by atoms with Gasteiger partial charge in [-0.3, -0.25) is 4.79 Å². The molecule has 2 atom stereocenters. The van der Waals surface area contributed by atoms with E-state index in [1.54, 1.807) is 17.7 Å². The fourth-order valence-corrected chi connectivity index (χ4v) is 5.53. The number of rotatable bonds is 5. The highest BCUT2D eigenvalue weighted by Gasteiger charge is 2.26. The van der Waals surface area contributed by atoms with Crippen LogP contribution in [-0.4, -0.2) is 27.3 Å². The lowest BCUT2D eigenvalue weighted by Gasteiger charge is -2.19. The molecule has 2 aromatic heterocycles. The number of aryl methyl sites for hydroxylation is 1. The summed E-state index contributed by atoms with van der Waals surface area (Å²) in [5.41, 5.74) is 1.41. The molecule has 0 amide bonds. The number of hydrogen-bond acceptors (Lipinski definition) is 6. The highest BCUT2D eigenvalue weighted by molar-refractivity contribution is 8.00. The van der Waals surface area contributed by atoms with Crippen molar-refractivity contribution in [2.45, 2.75) is 69.8 Å². The molecule has 3 rings (SSSR count). The second kappa shape index (κ2) is 7.40. The van der Waals surface area contributed by atoms with Gasteiger partial charge in [-0.25, -0.2) is 9.97 Å². The van der Waals surface area contributed by atoms with Crippen molar-refractivity contribution in [1.29, 1.82) is 0 Å². The quantitative estimate of drug-likeness (QED) is 0.439. The number of nitrogens with zero attached hydrogens (tertiary/aromatic N) is 2. The molecule has 0 saturated carbocycles. The van der Waals surface area contributed by atoms with Gasteiger partial charge in [0.1, 0.15) is 21.4 Å². The number of thiophene rings is 1. The molecule has 0 saturated heterocycles. The molecule has 2 heterocycles. The van der Waals surface area contributed by atoms with Gasteiger partial charge in [-0.15, -0.1) is 11.3 Å². The Bertz CT molecular complexity index is 742. The average Bonchev–Trinajstić information content (AvgIpc) is 2.89. The summed E-state index contributed by atoms with van der Waals surface area (Å²) >= 11 is 3.32. The van der Waals surface area contributed by atoms with E-state index in [1.165, 1.54) is 34.0 Å². The van der Waals surface area contributed by atoms with E-state index < -0.39 is 0 Å². The lowest BCUT2D eigenvalue weighted by molar-refractivity contribution is -0.146. The molecule has 130 valence electrons. The number of thioether (sulfide) groups is 1. The van der Waals surface area contributed by atoms with E-state index in [0.717, 1.165) is 35.0 Å². The molecule has 4 nitrogen and oxygen atoms in total. The molecular weight excluding hydrogens is 340 g/mol. The molecule has 24 heavy (non-hydrogen) atoms. The van der Waals surface area contributed by atoms with Crippen molar-refractivity contribution in [3.63, 3.8) is 0 Å². The molecule has 0 bridgehead atoms. The summed E-state index contributed by atoms with van der Waals surface area (Å²) in [7, 11) is 0. The second-order valence-corrected chi connectivity index (χ2v) is 8.99. The summed E-state index contributed by atoms with van der Waals surface area (Å²) in [6.45, 7) is 8.09. The minimum atomic E-state index is -0.219. The fraction of sp³-hybridized carbons (Fsp3) is 0.611. The summed E-state index contributed by atoms with van der Waals surface area (Å²) in [5.74, 6) is 0.584. The third kappa shape index (κ3) is 3.59. The number of aromatic nitrogens is 2. The zero-order chi connectivity index (χ0) is 17.3. The van der Waals surface area contributed by atoms with Crippen LogP contribution < -0.4 is 0 Å². The molecule has 1 aliphatic rings.